The van der Waals surface area contributed by atoms with Gasteiger partial charge in [-0.05, 0) is 43.9 Å². The maximum Gasteiger partial charge on any atom is 0.214 e. The molecule has 0 saturated carbocycles. The first-order chi connectivity index (χ1) is 13.1. The van der Waals surface area contributed by atoms with Crippen LogP contribution in [0.4, 0.5) is 0 Å². The van der Waals surface area contributed by atoms with Crippen molar-refractivity contribution in [2.24, 2.45) is 0 Å². The standard InChI is InChI=1S/C22H30N2O2S/c1-19-11-8-9-17-24(19)27(25,26)18-10-16-23-22(20-12-4-2-5-13-20)21-14-6-3-7-15-21/h2-7,12-15,19,22-23H,8-11,16-18H2,1H3/t19-/m0/s1. The molecule has 3 rings (SSSR count). The van der Waals surface area contributed by atoms with Crippen molar-refractivity contribution in [3.05, 3.63) is 71.8 Å². The minimum Gasteiger partial charge on any atom is -0.306 e. The first kappa shape index (κ1) is 20.1. The van der Waals surface area contributed by atoms with Crippen molar-refractivity contribution in [2.45, 2.75) is 44.7 Å². The average Bonchev–Trinajstić information content (AvgIpc) is 2.69. The summed E-state index contributed by atoms with van der Waals surface area (Å²) in [5, 5.41) is 3.56. The van der Waals surface area contributed by atoms with Gasteiger partial charge in [-0.2, -0.15) is 4.31 Å². The van der Waals surface area contributed by atoms with Gasteiger partial charge in [0.15, 0.2) is 0 Å². The van der Waals surface area contributed by atoms with E-state index in [1.54, 1.807) is 4.31 Å². The van der Waals surface area contributed by atoms with Crippen LogP contribution >= 0.6 is 0 Å². The first-order valence-electron chi connectivity index (χ1n) is 9.91. The Morgan fingerprint density at radius 2 is 1.59 bits per heavy atom. The molecule has 1 N–H and O–H groups in total. The molecular formula is C22H30N2O2S. The number of benzene rings is 2. The van der Waals surface area contributed by atoms with Gasteiger partial charge in [0, 0.05) is 12.6 Å². The normalized spacial score (nSPS) is 18.7. The fourth-order valence-electron chi connectivity index (χ4n) is 3.82. The maximum absolute atomic E-state index is 12.7. The number of sulfonamides is 1. The van der Waals surface area contributed by atoms with Crippen LogP contribution in [-0.4, -0.2) is 37.6 Å². The Kier molecular flexibility index (Phi) is 7.05. The number of piperidine rings is 1. The highest BCUT2D eigenvalue weighted by molar-refractivity contribution is 7.89. The largest absolute Gasteiger partial charge is 0.306 e. The molecule has 146 valence electrons. The summed E-state index contributed by atoms with van der Waals surface area (Å²) >= 11 is 0. The Labute approximate surface area is 163 Å². The van der Waals surface area contributed by atoms with E-state index in [0.29, 0.717) is 19.5 Å². The molecule has 0 radical (unpaired) electrons. The monoisotopic (exact) mass is 386 g/mol. The van der Waals surface area contributed by atoms with Crippen molar-refractivity contribution in [3.8, 4) is 0 Å². The summed E-state index contributed by atoms with van der Waals surface area (Å²) in [6.07, 6.45) is 3.69. The first-order valence-corrected chi connectivity index (χ1v) is 11.5. The average molecular weight is 387 g/mol. The highest BCUT2D eigenvalue weighted by Crippen LogP contribution is 2.23. The molecule has 2 aromatic carbocycles. The number of nitrogens with one attached hydrogen (secondary N) is 1. The van der Waals surface area contributed by atoms with Crippen LogP contribution in [0.1, 0.15) is 49.8 Å². The number of rotatable bonds is 8. The van der Waals surface area contributed by atoms with Gasteiger partial charge in [0.25, 0.3) is 0 Å². The molecular weight excluding hydrogens is 356 g/mol. The van der Waals surface area contributed by atoms with Gasteiger partial charge in [0.1, 0.15) is 0 Å². The van der Waals surface area contributed by atoms with Gasteiger partial charge >= 0.3 is 0 Å². The predicted octanol–water partition coefficient (Wildman–Crippen LogP) is 3.96. The van der Waals surface area contributed by atoms with E-state index in [-0.39, 0.29) is 17.8 Å². The van der Waals surface area contributed by atoms with E-state index < -0.39 is 10.0 Å². The van der Waals surface area contributed by atoms with E-state index >= 15 is 0 Å². The summed E-state index contributed by atoms with van der Waals surface area (Å²) in [4.78, 5) is 0. The lowest BCUT2D eigenvalue weighted by Gasteiger charge is -2.32. The van der Waals surface area contributed by atoms with Crippen molar-refractivity contribution in [1.82, 2.24) is 9.62 Å². The lowest BCUT2D eigenvalue weighted by molar-refractivity contribution is 0.268. The molecule has 0 unspecified atom stereocenters. The molecule has 0 amide bonds. The van der Waals surface area contributed by atoms with Crippen LogP contribution in [0.3, 0.4) is 0 Å². The molecule has 1 saturated heterocycles. The summed E-state index contributed by atoms with van der Waals surface area (Å²) < 4.78 is 27.1. The Morgan fingerprint density at radius 1 is 1.00 bits per heavy atom. The third-order valence-corrected chi connectivity index (χ3v) is 7.35. The molecule has 0 aliphatic carbocycles. The molecule has 1 heterocycles. The summed E-state index contributed by atoms with van der Waals surface area (Å²) in [6.45, 7) is 3.36. The molecule has 1 aliphatic heterocycles. The highest BCUT2D eigenvalue weighted by Gasteiger charge is 2.28. The maximum atomic E-state index is 12.7. The molecule has 0 spiro atoms. The van der Waals surface area contributed by atoms with Gasteiger partial charge in [-0.25, -0.2) is 8.42 Å². The third-order valence-electron chi connectivity index (χ3n) is 5.29. The molecule has 27 heavy (non-hydrogen) atoms. The zero-order chi connectivity index (χ0) is 19.1. The minimum atomic E-state index is -3.17. The molecule has 1 fully saturated rings. The van der Waals surface area contributed by atoms with Crippen molar-refractivity contribution < 1.29 is 8.42 Å². The molecule has 4 nitrogen and oxygen atoms in total. The van der Waals surface area contributed by atoms with Crippen LogP contribution in [0.25, 0.3) is 0 Å². The minimum absolute atomic E-state index is 0.0732. The lowest BCUT2D eigenvalue weighted by Crippen LogP contribution is -2.43. The molecule has 5 heteroatoms. The van der Waals surface area contributed by atoms with Crippen molar-refractivity contribution >= 4 is 10.0 Å². The second kappa shape index (κ2) is 9.49. The second-order valence-corrected chi connectivity index (χ2v) is 9.37. The smallest absolute Gasteiger partial charge is 0.214 e. The van der Waals surface area contributed by atoms with E-state index in [1.807, 2.05) is 43.3 Å². The van der Waals surface area contributed by atoms with E-state index in [2.05, 4.69) is 29.6 Å². The van der Waals surface area contributed by atoms with Gasteiger partial charge in [-0.3, -0.25) is 0 Å². The Morgan fingerprint density at radius 3 is 2.15 bits per heavy atom. The Balaban J connectivity index is 1.60. The van der Waals surface area contributed by atoms with Crippen LogP contribution in [0.15, 0.2) is 60.7 Å². The summed E-state index contributed by atoms with van der Waals surface area (Å²) in [7, 11) is -3.17. The molecule has 0 bridgehead atoms. The van der Waals surface area contributed by atoms with Crippen LogP contribution in [0.5, 0.6) is 0 Å². The fraction of sp³-hybridized carbons (Fsp3) is 0.455. The third kappa shape index (κ3) is 5.41. The van der Waals surface area contributed by atoms with E-state index in [9.17, 15) is 8.42 Å². The van der Waals surface area contributed by atoms with Crippen LogP contribution in [0, 0.1) is 0 Å². The van der Waals surface area contributed by atoms with E-state index in [0.717, 1.165) is 19.3 Å². The Hall–Kier alpha value is -1.69. The predicted molar refractivity (Wildman–Crippen MR) is 111 cm³/mol. The zero-order valence-electron chi connectivity index (χ0n) is 16.0. The number of hydrogen-bond donors (Lipinski definition) is 1. The molecule has 1 atom stereocenters. The molecule has 1 aliphatic rings. The SMILES string of the molecule is C[C@H]1CCCCN1S(=O)(=O)CCCNC(c1ccccc1)c1ccccc1. The van der Waals surface area contributed by atoms with Crippen molar-refractivity contribution in [1.29, 1.82) is 0 Å². The van der Waals surface area contributed by atoms with Crippen LogP contribution in [0.2, 0.25) is 0 Å². The zero-order valence-corrected chi connectivity index (χ0v) is 16.9. The summed E-state index contributed by atoms with van der Waals surface area (Å²) in [5.41, 5.74) is 2.38. The van der Waals surface area contributed by atoms with Gasteiger partial charge in [0.05, 0.1) is 11.8 Å². The Bertz CT molecular complexity index is 754. The fourth-order valence-corrected chi connectivity index (χ4v) is 5.63. The van der Waals surface area contributed by atoms with Crippen molar-refractivity contribution in [2.75, 3.05) is 18.8 Å². The van der Waals surface area contributed by atoms with Crippen LogP contribution in [-0.2, 0) is 10.0 Å². The molecule has 2 aromatic rings. The highest BCUT2D eigenvalue weighted by atomic mass is 32.2. The lowest BCUT2D eigenvalue weighted by atomic mass is 9.99. The van der Waals surface area contributed by atoms with Gasteiger partial charge < -0.3 is 5.32 Å². The van der Waals surface area contributed by atoms with E-state index in [4.69, 9.17) is 0 Å². The van der Waals surface area contributed by atoms with Gasteiger partial charge in [0.2, 0.25) is 10.0 Å². The van der Waals surface area contributed by atoms with Crippen LogP contribution < -0.4 is 5.32 Å². The summed E-state index contributed by atoms with van der Waals surface area (Å²) in [5.74, 6) is 0.209. The number of nitrogens with zero attached hydrogens (tertiary/aromatic N) is 1. The van der Waals surface area contributed by atoms with Crippen molar-refractivity contribution in [3.63, 3.8) is 0 Å². The number of hydrogen-bond acceptors (Lipinski definition) is 3. The van der Waals surface area contributed by atoms with Gasteiger partial charge in [-0.1, -0.05) is 67.1 Å². The molecule has 0 aromatic heterocycles. The van der Waals surface area contributed by atoms with Gasteiger partial charge in [-0.15, -0.1) is 0 Å². The second-order valence-electron chi connectivity index (χ2n) is 7.33. The summed E-state index contributed by atoms with van der Waals surface area (Å²) in [6, 6.07) is 20.8. The van der Waals surface area contributed by atoms with E-state index in [1.165, 1.54) is 11.1 Å². The topological polar surface area (TPSA) is 49.4 Å². The quantitative estimate of drug-likeness (QED) is 0.699.